The summed E-state index contributed by atoms with van der Waals surface area (Å²) in [5, 5.41) is 12.9. The first kappa shape index (κ1) is 18.4. The van der Waals surface area contributed by atoms with E-state index >= 15 is 0 Å². The van der Waals surface area contributed by atoms with Crippen molar-refractivity contribution in [3.8, 4) is 6.07 Å². The van der Waals surface area contributed by atoms with Gasteiger partial charge in [-0.05, 0) is 65.6 Å². The number of nitrogens with zero attached hydrogens (tertiary/aromatic N) is 2. The lowest BCUT2D eigenvalue weighted by Gasteiger charge is -2.30. The summed E-state index contributed by atoms with van der Waals surface area (Å²) < 4.78 is 0. The van der Waals surface area contributed by atoms with Crippen molar-refractivity contribution in [2.75, 3.05) is 19.6 Å². The second-order valence-corrected chi connectivity index (χ2v) is 5.71. The molecule has 0 radical (unpaired) electrons. The standard InChI is InChI=1S/C16H33N3/c1-6-11-18-16(8-3,14-17)10-9-13-19(12-7-2)15(4)5/h15,18H,6-13H2,1-5H3. The Morgan fingerprint density at radius 1 is 1.16 bits per heavy atom. The molecule has 0 spiro atoms. The van der Waals surface area contributed by atoms with Gasteiger partial charge in [-0.2, -0.15) is 5.26 Å². The van der Waals surface area contributed by atoms with Crippen LogP contribution in [0.1, 0.15) is 66.7 Å². The zero-order chi connectivity index (χ0) is 14.7. The van der Waals surface area contributed by atoms with Gasteiger partial charge in [0.15, 0.2) is 0 Å². The van der Waals surface area contributed by atoms with Crippen molar-refractivity contribution in [3.63, 3.8) is 0 Å². The number of nitriles is 1. The average Bonchev–Trinajstić information content (AvgIpc) is 2.41. The molecule has 0 aliphatic rings. The topological polar surface area (TPSA) is 39.1 Å². The first-order valence-electron chi connectivity index (χ1n) is 7.95. The van der Waals surface area contributed by atoms with Gasteiger partial charge >= 0.3 is 0 Å². The van der Waals surface area contributed by atoms with Gasteiger partial charge < -0.3 is 4.90 Å². The molecule has 0 aromatic rings. The minimum absolute atomic E-state index is 0.315. The molecule has 0 heterocycles. The SMILES string of the molecule is CCCNC(C#N)(CC)CCCN(CCC)C(C)C. The van der Waals surface area contributed by atoms with Crippen molar-refractivity contribution in [2.24, 2.45) is 0 Å². The van der Waals surface area contributed by atoms with Crippen LogP contribution in [0.3, 0.4) is 0 Å². The van der Waals surface area contributed by atoms with Gasteiger partial charge in [-0.25, -0.2) is 0 Å². The minimum Gasteiger partial charge on any atom is -0.301 e. The second kappa shape index (κ2) is 10.2. The highest BCUT2D eigenvalue weighted by molar-refractivity contribution is 5.06. The maximum Gasteiger partial charge on any atom is 0.106 e. The van der Waals surface area contributed by atoms with E-state index in [-0.39, 0.29) is 5.54 Å². The molecule has 0 saturated carbocycles. The molecule has 0 aliphatic carbocycles. The molecule has 0 aromatic heterocycles. The van der Waals surface area contributed by atoms with E-state index in [2.05, 4.69) is 50.9 Å². The predicted molar refractivity (Wildman–Crippen MR) is 83.2 cm³/mol. The van der Waals surface area contributed by atoms with E-state index in [0.29, 0.717) is 6.04 Å². The van der Waals surface area contributed by atoms with E-state index in [4.69, 9.17) is 0 Å². The molecule has 0 aliphatic heterocycles. The Morgan fingerprint density at radius 3 is 2.26 bits per heavy atom. The van der Waals surface area contributed by atoms with Crippen LogP contribution < -0.4 is 5.32 Å². The van der Waals surface area contributed by atoms with Gasteiger partial charge in [-0.3, -0.25) is 5.32 Å². The summed E-state index contributed by atoms with van der Waals surface area (Å²) in [6.07, 6.45) is 5.21. The average molecular weight is 267 g/mol. The normalized spacial score (nSPS) is 14.6. The Hall–Kier alpha value is -0.590. The molecule has 112 valence electrons. The lowest BCUT2D eigenvalue weighted by Crippen LogP contribution is -2.44. The van der Waals surface area contributed by atoms with E-state index < -0.39 is 0 Å². The summed E-state index contributed by atoms with van der Waals surface area (Å²) in [5.74, 6) is 0. The molecule has 3 heteroatoms. The highest BCUT2D eigenvalue weighted by Crippen LogP contribution is 2.17. The second-order valence-electron chi connectivity index (χ2n) is 5.71. The van der Waals surface area contributed by atoms with Crippen LogP contribution in [-0.4, -0.2) is 36.1 Å². The molecule has 19 heavy (non-hydrogen) atoms. The molecule has 0 fully saturated rings. The smallest absolute Gasteiger partial charge is 0.106 e. The Labute approximate surface area is 120 Å². The molecular weight excluding hydrogens is 234 g/mol. The van der Waals surface area contributed by atoms with E-state index in [1.165, 1.54) is 6.42 Å². The maximum absolute atomic E-state index is 9.45. The van der Waals surface area contributed by atoms with Gasteiger partial charge in [0.2, 0.25) is 0 Å². The Bertz CT molecular complexity index is 257. The zero-order valence-electron chi connectivity index (χ0n) is 13.6. The van der Waals surface area contributed by atoms with Gasteiger partial charge in [0.25, 0.3) is 0 Å². The van der Waals surface area contributed by atoms with Crippen LogP contribution in [0, 0.1) is 11.3 Å². The van der Waals surface area contributed by atoms with Gasteiger partial charge in [0.05, 0.1) is 6.07 Å². The Balaban J connectivity index is 4.28. The van der Waals surface area contributed by atoms with Crippen molar-refractivity contribution in [1.82, 2.24) is 10.2 Å². The molecular formula is C16H33N3. The predicted octanol–water partition coefficient (Wildman–Crippen LogP) is 3.56. The minimum atomic E-state index is -0.315. The van der Waals surface area contributed by atoms with Crippen molar-refractivity contribution in [3.05, 3.63) is 0 Å². The van der Waals surface area contributed by atoms with Gasteiger partial charge in [0.1, 0.15) is 5.54 Å². The largest absolute Gasteiger partial charge is 0.301 e. The van der Waals surface area contributed by atoms with Crippen LogP contribution in [-0.2, 0) is 0 Å². The summed E-state index contributed by atoms with van der Waals surface area (Å²) in [6, 6.07) is 3.10. The van der Waals surface area contributed by atoms with Gasteiger partial charge in [-0.15, -0.1) is 0 Å². The molecule has 0 saturated heterocycles. The lowest BCUT2D eigenvalue weighted by atomic mass is 9.91. The first-order chi connectivity index (χ1) is 9.05. The Kier molecular flexibility index (Phi) is 9.91. The summed E-state index contributed by atoms with van der Waals surface area (Å²) >= 11 is 0. The third-order valence-electron chi connectivity index (χ3n) is 3.82. The van der Waals surface area contributed by atoms with E-state index in [9.17, 15) is 5.26 Å². The van der Waals surface area contributed by atoms with Crippen LogP contribution >= 0.6 is 0 Å². The molecule has 1 unspecified atom stereocenters. The summed E-state index contributed by atoms with van der Waals surface area (Å²) in [6.45, 7) is 14.2. The van der Waals surface area contributed by atoms with Crippen LogP contribution in [0.4, 0.5) is 0 Å². The van der Waals surface area contributed by atoms with Crippen LogP contribution in [0.5, 0.6) is 0 Å². The van der Waals surface area contributed by atoms with Crippen LogP contribution in [0.15, 0.2) is 0 Å². The molecule has 1 N–H and O–H groups in total. The third-order valence-corrected chi connectivity index (χ3v) is 3.82. The summed E-state index contributed by atoms with van der Waals surface area (Å²) in [7, 11) is 0. The number of hydrogen-bond acceptors (Lipinski definition) is 3. The van der Waals surface area contributed by atoms with Crippen LogP contribution in [0.25, 0.3) is 0 Å². The van der Waals surface area contributed by atoms with E-state index in [0.717, 1.165) is 45.3 Å². The zero-order valence-corrected chi connectivity index (χ0v) is 13.6. The summed E-state index contributed by atoms with van der Waals surface area (Å²) in [4.78, 5) is 2.51. The highest BCUT2D eigenvalue weighted by Gasteiger charge is 2.26. The fourth-order valence-corrected chi connectivity index (χ4v) is 2.43. The van der Waals surface area contributed by atoms with Crippen LogP contribution in [0.2, 0.25) is 0 Å². The Morgan fingerprint density at radius 2 is 1.84 bits per heavy atom. The highest BCUT2D eigenvalue weighted by atomic mass is 15.1. The van der Waals surface area contributed by atoms with Gasteiger partial charge in [-0.1, -0.05) is 20.8 Å². The van der Waals surface area contributed by atoms with Gasteiger partial charge in [0, 0.05) is 6.04 Å². The fraction of sp³-hybridized carbons (Fsp3) is 0.938. The van der Waals surface area contributed by atoms with E-state index in [1.807, 2.05) is 0 Å². The van der Waals surface area contributed by atoms with Crippen molar-refractivity contribution in [2.45, 2.75) is 78.3 Å². The number of nitrogens with one attached hydrogen (secondary N) is 1. The van der Waals surface area contributed by atoms with E-state index in [1.54, 1.807) is 0 Å². The first-order valence-corrected chi connectivity index (χ1v) is 7.95. The molecule has 0 amide bonds. The molecule has 0 bridgehead atoms. The number of hydrogen-bond donors (Lipinski definition) is 1. The van der Waals surface area contributed by atoms with Crippen molar-refractivity contribution >= 4 is 0 Å². The number of rotatable bonds is 11. The van der Waals surface area contributed by atoms with Crippen molar-refractivity contribution in [1.29, 1.82) is 5.26 Å². The maximum atomic E-state index is 9.45. The molecule has 1 atom stereocenters. The monoisotopic (exact) mass is 267 g/mol. The molecule has 0 aromatic carbocycles. The third kappa shape index (κ3) is 6.94. The molecule has 0 rings (SSSR count). The van der Waals surface area contributed by atoms with Crippen molar-refractivity contribution < 1.29 is 0 Å². The fourth-order valence-electron chi connectivity index (χ4n) is 2.43. The lowest BCUT2D eigenvalue weighted by molar-refractivity contribution is 0.209. The quantitative estimate of drug-likeness (QED) is 0.622. The molecule has 3 nitrogen and oxygen atoms in total. The summed E-state index contributed by atoms with van der Waals surface area (Å²) in [5.41, 5.74) is -0.315.